The van der Waals surface area contributed by atoms with Gasteiger partial charge in [0, 0.05) is 31.9 Å². The third kappa shape index (κ3) is 4.66. The van der Waals surface area contributed by atoms with Crippen LogP contribution in [0.2, 0.25) is 0 Å². The van der Waals surface area contributed by atoms with Gasteiger partial charge in [-0.25, -0.2) is 4.98 Å². The van der Waals surface area contributed by atoms with E-state index in [4.69, 9.17) is 15.2 Å². The number of ether oxygens (including phenoxy) is 2. The number of piperazine rings is 1. The van der Waals surface area contributed by atoms with Gasteiger partial charge in [-0.05, 0) is 47.9 Å². The molecular weight excluding hydrogens is 390 g/mol. The lowest BCUT2D eigenvalue weighted by Crippen LogP contribution is -2.47. The molecule has 31 heavy (non-hydrogen) atoms. The largest absolute Gasteiger partial charge is 0.497 e. The molecular formula is C24H29N5O2. The number of methoxy groups -OCH3 is 1. The molecule has 2 aromatic carbocycles. The molecule has 0 aliphatic carbocycles. The number of hydrogen-bond acceptors (Lipinski definition) is 7. The van der Waals surface area contributed by atoms with E-state index in [1.54, 1.807) is 7.11 Å². The number of rotatable bonds is 6. The van der Waals surface area contributed by atoms with Gasteiger partial charge in [-0.15, -0.1) is 0 Å². The van der Waals surface area contributed by atoms with Gasteiger partial charge >= 0.3 is 0 Å². The molecule has 0 bridgehead atoms. The molecule has 2 N–H and O–H groups in total. The summed E-state index contributed by atoms with van der Waals surface area (Å²) in [6.45, 7) is 7.72. The Bertz CT molecular complexity index is 997. The predicted octanol–water partition coefficient (Wildman–Crippen LogP) is 4.31. The Morgan fingerprint density at radius 2 is 1.45 bits per heavy atom. The van der Waals surface area contributed by atoms with Crippen LogP contribution in [-0.4, -0.2) is 43.3 Å². The first kappa shape index (κ1) is 20.8. The molecule has 1 aliphatic rings. The summed E-state index contributed by atoms with van der Waals surface area (Å²) in [6, 6.07) is 16.2. The number of nitrogens with zero attached hydrogens (tertiary/aromatic N) is 4. The fraction of sp³-hybridized carbons (Fsp3) is 0.333. The molecule has 1 fully saturated rings. The molecule has 0 atom stereocenters. The summed E-state index contributed by atoms with van der Waals surface area (Å²) in [5, 5.41) is 0. The number of nitrogens with two attached hydrogens (primary N) is 1. The van der Waals surface area contributed by atoms with Gasteiger partial charge < -0.3 is 25.0 Å². The van der Waals surface area contributed by atoms with Crippen molar-refractivity contribution in [2.45, 2.75) is 19.8 Å². The van der Waals surface area contributed by atoms with Crippen molar-refractivity contribution in [2.75, 3.05) is 48.8 Å². The topological polar surface area (TPSA) is 76.7 Å². The second kappa shape index (κ2) is 9.12. The number of aromatic nitrogens is 2. The monoisotopic (exact) mass is 419 g/mol. The van der Waals surface area contributed by atoms with Gasteiger partial charge in [0.25, 0.3) is 0 Å². The molecule has 0 spiro atoms. The maximum Gasteiger partial charge on any atom is 0.248 e. The number of nitrogen functional groups attached to an aromatic ring is 1. The van der Waals surface area contributed by atoms with E-state index in [1.807, 2.05) is 24.3 Å². The third-order valence-corrected chi connectivity index (χ3v) is 5.60. The van der Waals surface area contributed by atoms with Crippen LogP contribution in [-0.2, 0) is 0 Å². The van der Waals surface area contributed by atoms with Crippen LogP contribution in [0.15, 0.2) is 54.9 Å². The average Bonchev–Trinajstić information content (AvgIpc) is 2.81. The number of anilines is 3. The molecule has 7 nitrogen and oxygen atoms in total. The van der Waals surface area contributed by atoms with Crippen LogP contribution in [0.4, 0.5) is 17.2 Å². The van der Waals surface area contributed by atoms with Crippen molar-refractivity contribution in [1.29, 1.82) is 0 Å². The smallest absolute Gasteiger partial charge is 0.248 e. The number of benzene rings is 2. The van der Waals surface area contributed by atoms with E-state index >= 15 is 0 Å². The molecule has 4 rings (SSSR count). The molecule has 0 amide bonds. The quantitative estimate of drug-likeness (QED) is 0.638. The summed E-state index contributed by atoms with van der Waals surface area (Å²) >= 11 is 0. The summed E-state index contributed by atoms with van der Waals surface area (Å²) in [5.74, 6) is 3.16. The Kier molecular flexibility index (Phi) is 6.11. The fourth-order valence-corrected chi connectivity index (χ4v) is 3.71. The molecule has 0 saturated carbocycles. The van der Waals surface area contributed by atoms with E-state index < -0.39 is 0 Å². The molecule has 1 aromatic heterocycles. The van der Waals surface area contributed by atoms with Gasteiger partial charge in [-0.2, -0.15) is 4.98 Å². The Morgan fingerprint density at radius 1 is 0.839 bits per heavy atom. The maximum atomic E-state index is 6.40. The van der Waals surface area contributed by atoms with Crippen molar-refractivity contribution in [3.8, 4) is 17.4 Å². The van der Waals surface area contributed by atoms with Crippen molar-refractivity contribution in [2.24, 2.45) is 0 Å². The first-order valence-corrected chi connectivity index (χ1v) is 10.6. The van der Waals surface area contributed by atoms with Gasteiger partial charge in [-0.1, -0.05) is 26.0 Å². The standard InChI is InChI=1S/C24H29N5O2/c1-17(2)18-4-8-21(9-5-18)31-24-22(25)23(26-16-27-24)29-14-12-28(13-15-29)19-6-10-20(30-3)11-7-19/h4-11,16-17H,12-15,25H2,1-3H3. The molecule has 0 unspecified atom stereocenters. The highest BCUT2D eigenvalue weighted by molar-refractivity contribution is 5.69. The minimum atomic E-state index is 0.389. The second-order valence-corrected chi connectivity index (χ2v) is 7.91. The second-order valence-electron chi connectivity index (χ2n) is 7.91. The van der Waals surface area contributed by atoms with E-state index in [0.29, 0.717) is 23.2 Å². The maximum absolute atomic E-state index is 6.40. The van der Waals surface area contributed by atoms with Gasteiger partial charge in [-0.3, -0.25) is 0 Å². The van der Waals surface area contributed by atoms with E-state index in [1.165, 1.54) is 17.6 Å². The van der Waals surface area contributed by atoms with Gasteiger partial charge in [0.15, 0.2) is 5.82 Å². The minimum absolute atomic E-state index is 0.389. The SMILES string of the molecule is COc1ccc(N2CCN(c3ncnc(Oc4ccc(C(C)C)cc4)c3N)CC2)cc1. The van der Waals surface area contributed by atoms with E-state index in [9.17, 15) is 0 Å². The van der Waals surface area contributed by atoms with Crippen LogP contribution < -0.4 is 25.0 Å². The van der Waals surface area contributed by atoms with E-state index in [0.717, 1.165) is 37.7 Å². The lowest BCUT2D eigenvalue weighted by Gasteiger charge is -2.37. The minimum Gasteiger partial charge on any atom is -0.497 e. The highest BCUT2D eigenvalue weighted by Gasteiger charge is 2.22. The summed E-state index contributed by atoms with van der Waals surface area (Å²) < 4.78 is 11.2. The van der Waals surface area contributed by atoms with Crippen LogP contribution in [0.5, 0.6) is 17.4 Å². The molecule has 1 aliphatic heterocycles. The molecule has 3 aromatic rings. The normalized spacial score (nSPS) is 14.1. The molecule has 7 heteroatoms. The zero-order valence-corrected chi connectivity index (χ0v) is 18.3. The summed E-state index contributed by atoms with van der Waals surface area (Å²) in [5.41, 5.74) is 9.31. The zero-order valence-electron chi connectivity index (χ0n) is 18.3. The molecule has 162 valence electrons. The summed E-state index contributed by atoms with van der Waals surface area (Å²) in [4.78, 5) is 13.2. The average molecular weight is 420 g/mol. The van der Waals surface area contributed by atoms with Crippen molar-refractivity contribution in [1.82, 2.24) is 9.97 Å². The van der Waals surface area contributed by atoms with E-state index in [-0.39, 0.29) is 0 Å². The Hall–Kier alpha value is -3.48. The van der Waals surface area contributed by atoms with Crippen LogP contribution in [0.3, 0.4) is 0 Å². The predicted molar refractivity (Wildman–Crippen MR) is 124 cm³/mol. The van der Waals surface area contributed by atoms with Crippen molar-refractivity contribution in [3.63, 3.8) is 0 Å². The van der Waals surface area contributed by atoms with Crippen molar-refractivity contribution < 1.29 is 9.47 Å². The van der Waals surface area contributed by atoms with Gasteiger partial charge in [0.05, 0.1) is 7.11 Å². The summed E-state index contributed by atoms with van der Waals surface area (Å²) in [7, 11) is 1.68. The Balaban J connectivity index is 1.43. The lowest BCUT2D eigenvalue weighted by molar-refractivity contribution is 0.415. The third-order valence-electron chi connectivity index (χ3n) is 5.60. The van der Waals surface area contributed by atoms with Crippen molar-refractivity contribution in [3.05, 3.63) is 60.4 Å². The molecule has 0 radical (unpaired) electrons. The van der Waals surface area contributed by atoms with Gasteiger partial charge in [0.2, 0.25) is 5.88 Å². The Morgan fingerprint density at radius 3 is 2.06 bits per heavy atom. The van der Waals surface area contributed by atoms with Crippen LogP contribution in [0, 0.1) is 0 Å². The summed E-state index contributed by atoms with van der Waals surface area (Å²) in [6.07, 6.45) is 1.51. The van der Waals surface area contributed by atoms with Crippen molar-refractivity contribution >= 4 is 17.2 Å². The van der Waals surface area contributed by atoms with Crippen LogP contribution >= 0.6 is 0 Å². The Labute approximate surface area is 183 Å². The van der Waals surface area contributed by atoms with Crippen LogP contribution in [0.25, 0.3) is 0 Å². The first-order chi connectivity index (χ1) is 15.0. The first-order valence-electron chi connectivity index (χ1n) is 10.6. The molecule has 1 saturated heterocycles. The lowest BCUT2D eigenvalue weighted by atomic mass is 10.0. The van der Waals surface area contributed by atoms with Crippen LogP contribution in [0.1, 0.15) is 25.3 Å². The fourth-order valence-electron chi connectivity index (χ4n) is 3.71. The highest BCUT2D eigenvalue weighted by atomic mass is 16.5. The highest BCUT2D eigenvalue weighted by Crippen LogP contribution is 2.32. The van der Waals surface area contributed by atoms with Gasteiger partial charge in [0.1, 0.15) is 23.5 Å². The number of hydrogen-bond donors (Lipinski definition) is 1. The zero-order chi connectivity index (χ0) is 21.8. The van der Waals surface area contributed by atoms with E-state index in [2.05, 4.69) is 57.9 Å². The molecule has 2 heterocycles.